The molecule has 4 aliphatic carbocycles. The molecule has 0 aromatic carbocycles. The van der Waals surface area contributed by atoms with E-state index in [1.54, 1.807) is 0 Å². The predicted molar refractivity (Wildman–Crippen MR) is 86.3 cm³/mol. The van der Waals surface area contributed by atoms with Crippen LogP contribution in [-0.4, -0.2) is 11.6 Å². The first kappa shape index (κ1) is 14.7. The van der Waals surface area contributed by atoms with Crippen LogP contribution in [0.4, 0.5) is 0 Å². The van der Waals surface area contributed by atoms with Crippen molar-refractivity contribution in [1.29, 1.82) is 0 Å². The van der Waals surface area contributed by atoms with Crippen molar-refractivity contribution in [3.63, 3.8) is 0 Å². The summed E-state index contributed by atoms with van der Waals surface area (Å²) in [5, 5.41) is 0. The van der Waals surface area contributed by atoms with Crippen LogP contribution in [-0.2, 0) is 9.59 Å². The number of hydrogen-bond acceptors (Lipinski definition) is 2. The van der Waals surface area contributed by atoms with Crippen LogP contribution < -0.4 is 0 Å². The molecule has 0 radical (unpaired) electrons. The average Bonchev–Trinajstić information content (AvgIpc) is 2.70. The van der Waals surface area contributed by atoms with Gasteiger partial charge in [0.25, 0.3) is 0 Å². The molecule has 4 fully saturated rings. The van der Waals surface area contributed by atoms with Crippen molar-refractivity contribution in [2.45, 2.75) is 65.7 Å². The molecule has 0 aliphatic heterocycles. The molecule has 0 aromatic rings. The standard InChI is InChI=1S/C20H28O2/c1-12-10-20-11-13(12)5-6-14(20)19(4)15(9-17(20)22)18(2,3)8-7-16(19)21/h13-15H,1,5-11H2,2-4H3/t13-,14-,15+,19-,20-/m1/s1. The van der Waals surface area contributed by atoms with E-state index in [0.717, 1.165) is 32.1 Å². The molecule has 120 valence electrons. The number of allylic oxidation sites excluding steroid dienone is 1. The van der Waals surface area contributed by atoms with Gasteiger partial charge in [-0.2, -0.15) is 0 Å². The summed E-state index contributed by atoms with van der Waals surface area (Å²) in [6.07, 6.45) is 6.27. The van der Waals surface area contributed by atoms with Crippen molar-refractivity contribution < 1.29 is 9.59 Å². The Morgan fingerprint density at radius 2 is 1.77 bits per heavy atom. The molecule has 0 heterocycles. The van der Waals surface area contributed by atoms with Gasteiger partial charge in [0.1, 0.15) is 11.6 Å². The lowest BCUT2D eigenvalue weighted by Crippen LogP contribution is -2.62. The number of hydrogen-bond donors (Lipinski definition) is 0. The molecule has 22 heavy (non-hydrogen) atoms. The normalized spacial score (nSPS) is 49.8. The van der Waals surface area contributed by atoms with Crippen molar-refractivity contribution in [1.82, 2.24) is 0 Å². The Morgan fingerprint density at radius 1 is 1.05 bits per heavy atom. The summed E-state index contributed by atoms with van der Waals surface area (Å²) >= 11 is 0. The van der Waals surface area contributed by atoms with E-state index in [1.807, 2.05) is 0 Å². The Kier molecular flexibility index (Phi) is 2.75. The fourth-order valence-corrected chi connectivity index (χ4v) is 6.90. The minimum Gasteiger partial charge on any atom is -0.299 e. The Morgan fingerprint density at radius 3 is 2.50 bits per heavy atom. The van der Waals surface area contributed by atoms with Crippen LogP contribution in [0, 0.1) is 34.0 Å². The lowest BCUT2D eigenvalue weighted by molar-refractivity contribution is -0.177. The first-order chi connectivity index (χ1) is 10.2. The molecule has 4 saturated carbocycles. The third-order valence-electron chi connectivity index (χ3n) is 8.13. The number of Topliss-reactive ketones (excluding diaryl/α,β-unsaturated/α-hetero) is 2. The molecule has 2 nitrogen and oxygen atoms in total. The first-order valence-corrected chi connectivity index (χ1v) is 8.96. The Hall–Kier alpha value is -0.920. The van der Waals surface area contributed by atoms with E-state index in [0.29, 0.717) is 30.3 Å². The van der Waals surface area contributed by atoms with Gasteiger partial charge in [-0.3, -0.25) is 9.59 Å². The third kappa shape index (κ3) is 1.52. The van der Waals surface area contributed by atoms with Crippen LogP contribution in [0.5, 0.6) is 0 Å². The third-order valence-corrected chi connectivity index (χ3v) is 8.13. The first-order valence-electron chi connectivity index (χ1n) is 8.96. The highest BCUT2D eigenvalue weighted by Gasteiger charge is 2.68. The van der Waals surface area contributed by atoms with Gasteiger partial charge in [-0.15, -0.1) is 0 Å². The molecule has 0 amide bonds. The van der Waals surface area contributed by atoms with Crippen LogP contribution in [0.15, 0.2) is 12.2 Å². The van der Waals surface area contributed by atoms with Crippen LogP contribution in [0.25, 0.3) is 0 Å². The van der Waals surface area contributed by atoms with Crippen molar-refractivity contribution in [2.24, 2.45) is 34.0 Å². The van der Waals surface area contributed by atoms with E-state index in [2.05, 4.69) is 27.4 Å². The summed E-state index contributed by atoms with van der Waals surface area (Å²) < 4.78 is 0. The lowest BCUT2D eigenvalue weighted by atomic mass is 9.40. The summed E-state index contributed by atoms with van der Waals surface area (Å²) in [6, 6.07) is 0. The minimum absolute atomic E-state index is 0.104. The van der Waals surface area contributed by atoms with E-state index in [4.69, 9.17) is 0 Å². The van der Waals surface area contributed by atoms with Crippen LogP contribution in [0.1, 0.15) is 65.7 Å². The van der Waals surface area contributed by atoms with Gasteiger partial charge in [0.2, 0.25) is 0 Å². The molecular formula is C20H28O2. The Balaban J connectivity index is 1.86. The number of rotatable bonds is 0. The Labute approximate surface area is 133 Å². The van der Waals surface area contributed by atoms with Crippen LogP contribution in [0.3, 0.4) is 0 Å². The molecule has 4 aliphatic rings. The van der Waals surface area contributed by atoms with Gasteiger partial charge in [-0.25, -0.2) is 0 Å². The summed E-state index contributed by atoms with van der Waals surface area (Å²) in [5.74, 6) is 1.91. The summed E-state index contributed by atoms with van der Waals surface area (Å²) in [6.45, 7) is 11.0. The van der Waals surface area contributed by atoms with E-state index < -0.39 is 0 Å². The molecule has 2 heteroatoms. The molecular weight excluding hydrogens is 272 g/mol. The highest BCUT2D eigenvalue weighted by molar-refractivity contribution is 5.94. The zero-order valence-corrected chi connectivity index (χ0v) is 14.2. The summed E-state index contributed by atoms with van der Waals surface area (Å²) in [4.78, 5) is 26.2. The van der Waals surface area contributed by atoms with Gasteiger partial charge in [0.05, 0.1) is 0 Å². The zero-order chi connectivity index (χ0) is 15.9. The van der Waals surface area contributed by atoms with E-state index >= 15 is 0 Å². The second kappa shape index (κ2) is 4.13. The highest BCUT2D eigenvalue weighted by Crippen LogP contribution is 2.70. The quantitative estimate of drug-likeness (QED) is 0.624. The van der Waals surface area contributed by atoms with Crippen molar-refractivity contribution in [2.75, 3.05) is 0 Å². The maximum Gasteiger partial charge on any atom is 0.140 e. The molecule has 1 spiro atoms. The number of carbonyl (C=O) groups is 2. The second-order valence-electron chi connectivity index (χ2n) is 9.40. The van der Waals surface area contributed by atoms with E-state index in [9.17, 15) is 9.59 Å². The molecule has 2 bridgehead atoms. The van der Waals surface area contributed by atoms with Crippen LogP contribution in [0.2, 0.25) is 0 Å². The maximum absolute atomic E-state index is 13.2. The molecule has 0 aromatic heterocycles. The molecule has 0 saturated heterocycles. The van der Waals surface area contributed by atoms with Crippen LogP contribution >= 0.6 is 0 Å². The number of carbonyl (C=O) groups excluding carboxylic acids is 2. The zero-order valence-electron chi connectivity index (χ0n) is 14.2. The van der Waals surface area contributed by atoms with Crippen molar-refractivity contribution >= 4 is 11.6 Å². The van der Waals surface area contributed by atoms with E-state index in [1.165, 1.54) is 5.57 Å². The minimum atomic E-state index is -0.286. The SMILES string of the molecule is C=C1C[C@@]23C[C@H]1CC[C@@H]2[C@@]1(C)C(=O)CCC(C)(C)[C@@H]1CC3=O. The largest absolute Gasteiger partial charge is 0.299 e. The molecule has 0 N–H and O–H groups in total. The second-order valence-corrected chi connectivity index (χ2v) is 9.40. The predicted octanol–water partition coefficient (Wildman–Crippen LogP) is 4.33. The number of ketones is 2. The summed E-state index contributed by atoms with van der Waals surface area (Å²) in [5.41, 5.74) is 0.854. The van der Waals surface area contributed by atoms with Crippen molar-refractivity contribution in [3.8, 4) is 0 Å². The average molecular weight is 300 g/mol. The fourth-order valence-electron chi connectivity index (χ4n) is 6.90. The topological polar surface area (TPSA) is 34.1 Å². The molecule has 0 unspecified atom stereocenters. The van der Waals surface area contributed by atoms with Gasteiger partial charge >= 0.3 is 0 Å². The fraction of sp³-hybridized carbons (Fsp3) is 0.800. The number of fused-ring (bicyclic) bond motifs is 3. The van der Waals surface area contributed by atoms with Gasteiger partial charge in [0, 0.05) is 23.7 Å². The monoisotopic (exact) mass is 300 g/mol. The van der Waals surface area contributed by atoms with Gasteiger partial charge in [-0.05, 0) is 55.3 Å². The lowest BCUT2D eigenvalue weighted by Gasteiger charge is -2.61. The van der Waals surface area contributed by atoms with Gasteiger partial charge in [-0.1, -0.05) is 32.9 Å². The highest BCUT2D eigenvalue weighted by atomic mass is 16.1. The van der Waals surface area contributed by atoms with Gasteiger partial charge < -0.3 is 0 Å². The Bertz CT molecular complexity index is 587. The van der Waals surface area contributed by atoms with Crippen molar-refractivity contribution in [3.05, 3.63) is 12.2 Å². The maximum atomic E-state index is 13.2. The smallest absolute Gasteiger partial charge is 0.140 e. The van der Waals surface area contributed by atoms with Gasteiger partial charge in [0.15, 0.2) is 0 Å². The molecule has 4 rings (SSSR count). The van der Waals surface area contributed by atoms with E-state index in [-0.39, 0.29) is 28.1 Å². The summed E-state index contributed by atoms with van der Waals surface area (Å²) in [7, 11) is 0. The molecule has 5 atom stereocenters.